The topological polar surface area (TPSA) is 38.5 Å². The molecule has 2 unspecified atom stereocenters. The third kappa shape index (κ3) is 2.81. The highest BCUT2D eigenvalue weighted by Gasteiger charge is 2.44. The van der Waals surface area contributed by atoms with Crippen LogP contribution in [0.1, 0.15) is 33.1 Å². The van der Waals surface area contributed by atoms with Gasteiger partial charge in [-0.15, -0.1) is 0 Å². The lowest BCUT2D eigenvalue weighted by atomic mass is 9.78. The number of hydrogen-bond acceptors (Lipinski definition) is 3. The van der Waals surface area contributed by atoms with Crippen LogP contribution in [0.4, 0.5) is 10.1 Å². The van der Waals surface area contributed by atoms with Crippen LogP contribution in [0, 0.1) is 5.82 Å². The number of nitrogens with zero attached hydrogens (tertiary/aromatic N) is 1. The summed E-state index contributed by atoms with van der Waals surface area (Å²) < 4.78 is 19.4. The van der Waals surface area contributed by atoms with E-state index in [0.29, 0.717) is 13.2 Å². The average molecular weight is 280 g/mol. The molecule has 1 aromatic carbocycles. The smallest absolute Gasteiger partial charge is 0.125 e. The molecule has 0 radical (unpaired) electrons. The van der Waals surface area contributed by atoms with E-state index in [2.05, 4.69) is 18.7 Å². The Morgan fingerprint density at radius 3 is 2.80 bits per heavy atom. The first-order chi connectivity index (χ1) is 9.45. The monoisotopic (exact) mass is 280 g/mol. The van der Waals surface area contributed by atoms with Crippen LogP contribution in [0.15, 0.2) is 24.3 Å². The first kappa shape index (κ1) is 15.3. The normalized spacial score (nSPS) is 30.2. The van der Waals surface area contributed by atoms with Gasteiger partial charge in [0.25, 0.3) is 0 Å². The minimum Gasteiger partial charge on any atom is -0.375 e. The van der Waals surface area contributed by atoms with E-state index >= 15 is 0 Å². The number of anilines is 1. The Labute approximate surface area is 120 Å². The van der Waals surface area contributed by atoms with Gasteiger partial charge in [0.15, 0.2) is 0 Å². The van der Waals surface area contributed by atoms with E-state index in [-0.39, 0.29) is 17.0 Å². The van der Waals surface area contributed by atoms with Crippen LogP contribution < -0.4 is 10.6 Å². The Bertz CT molecular complexity index is 468. The van der Waals surface area contributed by atoms with Crippen molar-refractivity contribution in [2.45, 2.75) is 44.2 Å². The molecule has 1 heterocycles. The van der Waals surface area contributed by atoms with E-state index in [1.54, 1.807) is 12.1 Å². The lowest BCUT2D eigenvalue weighted by Crippen LogP contribution is -2.60. The van der Waals surface area contributed by atoms with Gasteiger partial charge in [0.2, 0.25) is 0 Å². The zero-order valence-electron chi connectivity index (χ0n) is 12.7. The second kappa shape index (κ2) is 5.70. The molecular formula is C16H25FN2O. The lowest BCUT2D eigenvalue weighted by Gasteiger charge is -2.51. The highest BCUT2D eigenvalue weighted by Crippen LogP contribution is 2.39. The molecule has 2 atom stereocenters. The standard InChI is InChI=1S/C16H25FN2O/c1-4-15(2)11-16(12-18,8-9-20-15)19(3)14-7-5-6-13(17)10-14/h5-7,10H,4,8-9,11-12,18H2,1-3H3. The summed E-state index contributed by atoms with van der Waals surface area (Å²) in [6.07, 6.45) is 2.68. The van der Waals surface area contributed by atoms with E-state index in [1.807, 2.05) is 13.1 Å². The van der Waals surface area contributed by atoms with E-state index in [9.17, 15) is 4.39 Å². The van der Waals surface area contributed by atoms with Gasteiger partial charge >= 0.3 is 0 Å². The van der Waals surface area contributed by atoms with Crippen molar-refractivity contribution < 1.29 is 9.13 Å². The number of rotatable bonds is 4. The molecule has 0 spiro atoms. The summed E-state index contributed by atoms with van der Waals surface area (Å²) in [6.45, 7) is 5.50. The lowest BCUT2D eigenvalue weighted by molar-refractivity contribution is -0.0928. The molecule has 0 saturated carbocycles. The number of halogens is 1. The number of benzene rings is 1. The largest absolute Gasteiger partial charge is 0.375 e. The van der Waals surface area contributed by atoms with Gasteiger partial charge in [0.05, 0.1) is 11.1 Å². The van der Waals surface area contributed by atoms with Crippen LogP contribution in [-0.2, 0) is 4.74 Å². The molecular weight excluding hydrogens is 255 g/mol. The van der Waals surface area contributed by atoms with E-state index < -0.39 is 0 Å². The molecule has 3 nitrogen and oxygen atoms in total. The molecule has 2 rings (SSSR count). The van der Waals surface area contributed by atoms with Crippen molar-refractivity contribution in [2.24, 2.45) is 5.73 Å². The highest BCUT2D eigenvalue weighted by atomic mass is 19.1. The number of hydrogen-bond donors (Lipinski definition) is 1. The van der Waals surface area contributed by atoms with Gasteiger partial charge in [0, 0.05) is 32.3 Å². The predicted octanol–water partition coefficient (Wildman–Crippen LogP) is 2.94. The first-order valence-corrected chi connectivity index (χ1v) is 7.28. The average Bonchev–Trinajstić information content (AvgIpc) is 2.46. The molecule has 4 heteroatoms. The Hall–Kier alpha value is -1.13. The van der Waals surface area contributed by atoms with Crippen molar-refractivity contribution in [1.82, 2.24) is 0 Å². The van der Waals surface area contributed by atoms with Crippen LogP contribution >= 0.6 is 0 Å². The van der Waals surface area contributed by atoms with Crippen molar-refractivity contribution in [3.63, 3.8) is 0 Å². The molecule has 0 bridgehead atoms. The first-order valence-electron chi connectivity index (χ1n) is 7.28. The van der Waals surface area contributed by atoms with Crippen LogP contribution in [0.3, 0.4) is 0 Å². The molecule has 1 fully saturated rings. The van der Waals surface area contributed by atoms with Gasteiger partial charge in [-0.2, -0.15) is 0 Å². The van der Waals surface area contributed by atoms with Gasteiger partial charge in [-0.1, -0.05) is 13.0 Å². The van der Waals surface area contributed by atoms with E-state index in [1.165, 1.54) is 6.07 Å². The molecule has 0 amide bonds. The van der Waals surface area contributed by atoms with Crippen LogP contribution in [0.25, 0.3) is 0 Å². The van der Waals surface area contributed by atoms with Crippen molar-refractivity contribution in [3.05, 3.63) is 30.1 Å². The van der Waals surface area contributed by atoms with Crippen molar-refractivity contribution in [3.8, 4) is 0 Å². The molecule has 112 valence electrons. The van der Waals surface area contributed by atoms with Gasteiger partial charge in [-0.25, -0.2) is 4.39 Å². The zero-order valence-corrected chi connectivity index (χ0v) is 12.7. The maximum absolute atomic E-state index is 13.5. The molecule has 0 aliphatic carbocycles. The predicted molar refractivity (Wildman–Crippen MR) is 80.5 cm³/mol. The summed E-state index contributed by atoms with van der Waals surface area (Å²) in [5.74, 6) is -0.216. The van der Waals surface area contributed by atoms with Crippen molar-refractivity contribution >= 4 is 5.69 Å². The molecule has 0 aromatic heterocycles. The minimum atomic E-state index is -0.216. The van der Waals surface area contributed by atoms with E-state index in [4.69, 9.17) is 10.5 Å². The second-order valence-corrected chi connectivity index (χ2v) is 6.05. The SMILES string of the molecule is CCC1(C)CC(CN)(N(C)c2cccc(F)c2)CCO1. The summed E-state index contributed by atoms with van der Waals surface area (Å²) in [6, 6.07) is 6.70. The number of likely N-dealkylation sites (N-methyl/N-ethyl adjacent to an activating group) is 1. The maximum atomic E-state index is 13.5. The quantitative estimate of drug-likeness (QED) is 0.921. The molecule has 1 saturated heterocycles. The van der Waals surface area contributed by atoms with Gasteiger partial charge in [-0.05, 0) is 38.0 Å². The van der Waals surface area contributed by atoms with Crippen LogP contribution in [-0.4, -0.2) is 31.3 Å². The molecule has 1 aliphatic rings. The van der Waals surface area contributed by atoms with Crippen LogP contribution in [0.2, 0.25) is 0 Å². The Balaban J connectivity index is 2.30. The Morgan fingerprint density at radius 1 is 1.45 bits per heavy atom. The summed E-state index contributed by atoms with van der Waals surface area (Å²) in [5, 5.41) is 0. The number of ether oxygens (including phenoxy) is 1. The molecule has 1 aromatic rings. The fraction of sp³-hybridized carbons (Fsp3) is 0.625. The van der Waals surface area contributed by atoms with E-state index in [0.717, 1.165) is 24.9 Å². The Kier molecular flexibility index (Phi) is 4.35. The maximum Gasteiger partial charge on any atom is 0.125 e. The molecule has 2 N–H and O–H groups in total. The zero-order chi connectivity index (χ0) is 14.8. The number of nitrogens with two attached hydrogens (primary N) is 1. The van der Waals surface area contributed by atoms with Crippen molar-refractivity contribution in [2.75, 3.05) is 25.1 Å². The molecule has 1 aliphatic heterocycles. The van der Waals surface area contributed by atoms with Crippen LogP contribution in [0.5, 0.6) is 0 Å². The Morgan fingerprint density at radius 2 is 2.20 bits per heavy atom. The van der Waals surface area contributed by atoms with Gasteiger partial charge in [0.1, 0.15) is 5.82 Å². The van der Waals surface area contributed by atoms with Gasteiger partial charge < -0.3 is 15.4 Å². The summed E-state index contributed by atoms with van der Waals surface area (Å²) in [5.41, 5.74) is 6.65. The molecule has 20 heavy (non-hydrogen) atoms. The highest BCUT2D eigenvalue weighted by molar-refractivity contribution is 5.49. The fourth-order valence-corrected chi connectivity index (χ4v) is 3.11. The second-order valence-electron chi connectivity index (χ2n) is 6.05. The van der Waals surface area contributed by atoms with Crippen molar-refractivity contribution in [1.29, 1.82) is 0 Å². The summed E-state index contributed by atoms with van der Waals surface area (Å²) in [4.78, 5) is 2.13. The minimum absolute atomic E-state index is 0.154. The summed E-state index contributed by atoms with van der Waals surface area (Å²) >= 11 is 0. The summed E-state index contributed by atoms with van der Waals surface area (Å²) in [7, 11) is 2.00. The third-order valence-electron chi connectivity index (χ3n) is 4.76. The third-order valence-corrected chi connectivity index (χ3v) is 4.76. The fourth-order valence-electron chi connectivity index (χ4n) is 3.11. The van der Waals surface area contributed by atoms with Gasteiger partial charge in [-0.3, -0.25) is 0 Å².